The lowest BCUT2D eigenvalue weighted by molar-refractivity contribution is -0.0489. The van der Waals surface area contributed by atoms with Gasteiger partial charge in [0.1, 0.15) is 6.10 Å². The minimum atomic E-state index is 0.0361. The van der Waals surface area contributed by atoms with Gasteiger partial charge < -0.3 is 4.74 Å². The fourth-order valence-corrected chi connectivity index (χ4v) is 5.14. The Kier molecular flexibility index (Phi) is 6.18. The standard InChI is InChI=1S/C26H35NO/c1-19(2)15-16-27-22-13-14-23(27)18-24(17-22)28-26(21-10-5-4-6-11-21)25-12-8-7-9-20(25)3/h4-12,19,22-24,26H,13-18H2,1-3H3/t22-,23+,24?,26?. The zero-order valence-electron chi connectivity index (χ0n) is 17.7. The first kappa shape index (κ1) is 19.7. The summed E-state index contributed by atoms with van der Waals surface area (Å²) in [6.45, 7) is 8.14. The smallest absolute Gasteiger partial charge is 0.108 e. The van der Waals surface area contributed by atoms with Crippen LogP contribution in [0, 0.1) is 12.8 Å². The highest BCUT2D eigenvalue weighted by Crippen LogP contribution is 2.40. The van der Waals surface area contributed by atoms with Crippen LogP contribution in [-0.4, -0.2) is 29.6 Å². The molecule has 2 heteroatoms. The lowest BCUT2D eigenvalue weighted by Crippen LogP contribution is -2.46. The summed E-state index contributed by atoms with van der Waals surface area (Å²) >= 11 is 0. The van der Waals surface area contributed by atoms with Gasteiger partial charge in [-0.25, -0.2) is 0 Å². The van der Waals surface area contributed by atoms with Gasteiger partial charge in [0, 0.05) is 12.1 Å². The van der Waals surface area contributed by atoms with Crippen LogP contribution in [0.5, 0.6) is 0 Å². The summed E-state index contributed by atoms with van der Waals surface area (Å²) in [4.78, 5) is 2.80. The van der Waals surface area contributed by atoms with E-state index in [0.717, 1.165) is 18.0 Å². The van der Waals surface area contributed by atoms with Gasteiger partial charge in [0.25, 0.3) is 0 Å². The van der Waals surface area contributed by atoms with Crippen molar-refractivity contribution in [3.8, 4) is 0 Å². The maximum absolute atomic E-state index is 6.87. The van der Waals surface area contributed by atoms with Crippen LogP contribution in [0.15, 0.2) is 54.6 Å². The van der Waals surface area contributed by atoms with E-state index in [9.17, 15) is 0 Å². The SMILES string of the molecule is Cc1ccccc1C(OC1C[C@H]2CC[C@@H](C1)N2CCC(C)C)c1ccccc1. The number of piperidine rings is 1. The molecule has 2 aromatic rings. The third kappa shape index (κ3) is 4.34. The first-order chi connectivity index (χ1) is 13.6. The quantitative estimate of drug-likeness (QED) is 0.574. The van der Waals surface area contributed by atoms with Crippen LogP contribution in [0.2, 0.25) is 0 Å². The molecule has 2 unspecified atom stereocenters. The molecule has 2 aliphatic rings. The molecule has 0 aromatic heterocycles. The predicted octanol–water partition coefficient (Wildman–Crippen LogP) is 6.14. The molecule has 0 aliphatic carbocycles. The zero-order valence-corrected chi connectivity index (χ0v) is 17.7. The fraction of sp³-hybridized carbons (Fsp3) is 0.538. The Hall–Kier alpha value is -1.64. The Labute approximate surface area is 170 Å². The maximum atomic E-state index is 6.87. The lowest BCUT2D eigenvalue weighted by atomic mass is 9.95. The van der Waals surface area contributed by atoms with E-state index in [1.54, 1.807) is 0 Å². The number of hydrogen-bond donors (Lipinski definition) is 0. The minimum absolute atomic E-state index is 0.0361. The van der Waals surface area contributed by atoms with Gasteiger partial charge >= 0.3 is 0 Å². The number of benzene rings is 2. The maximum Gasteiger partial charge on any atom is 0.108 e. The van der Waals surface area contributed by atoms with Crippen molar-refractivity contribution >= 4 is 0 Å². The van der Waals surface area contributed by atoms with Gasteiger partial charge in [-0.1, -0.05) is 68.4 Å². The molecule has 2 aliphatic heterocycles. The molecule has 150 valence electrons. The summed E-state index contributed by atoms with van der Waals surface area (Å²) in [6.07, 6.45) is 6.78. The number of fused-ring (bicyclic) bond motifs is 2. The molecular weight excluding hydrogens is 342 g/mol. The molecule has 2 fully saturated rings. The summed E-state index contributed by atoms with van der Waals surface area (Å²) in [5.41, 5.74) is 3.89. The van der Waals surface area contributed by atoms with E-state index >= 15 is 0 Å². The zero-order chi connectivity index (χ0) is 19.5. The van der Waals surface area contributed by atoms with Crippen LogP contribution >= 0.6 is 0 Å². The molecule has 0 amide bonds. The Bertz CT molecular complexity index is 742. The van der Waals surface area contributed by atoms with Crippen LogP contribution in [0.25, 0.3) is 0 Å². The second kappa shape index (κ2) is 8.80. The molecule has 2 saturated heterocycles. The molecular formula is C26H35NO. The third-order valence-corrected chi connectivity index (χ3v) is 6.71. The van der Waals surface area contributed by atoms with E-state index in [0.29, 0.717) is 6.10 Å². The van der Waals surface area contributed by atoms with Crippen molar-refractivity contribution in [3.05, 3.63) is 71.3 Å². The minimum Gasteiger partial charge on any atom is -0.365 e. The number of ether oxygens (including phenoxy) is 1. The predicted molar refractivity (Wildman–Crippen MR) is 117 cm³/mol. The summed E-state index contributed by atoms with van der Waals surface area (Å²) in [6, 6.07) is 20.9. The molecule has 4 atom stereocenters. The molecule has 2 heterocycles. The van der Waals surface area contributed by atoms with Crippen LogP contribution < -0.4 is 0 Å². The summed E-state index contributed by atoms with van der Waals surface area (Å²) < 4.78 is 6.87. The van der Waals surface area contributed by atoms with E-state index in [4.69, 9.17) is 4.74 Å². The number of nitrogens with zero attached hydrogens (tertiary/aromatic N) is 1. The topological polar surface area (TPSA) is 12.5 Å². The summed E-state index contributed by atoms with van der Waals surface area (Å²) in [5.74, 6) is 0.789. The fourth-order valence-electron chi connectivity index (χ4n) is 5.14. The largest absolute Gasteiger partial charge is 0.365 e. The van der Waals surface area contributed by atoms with E-state index in [-0.39, 0.29) is 6.10 Å². The van der Waals surface area contributed by atoms with Gasteiger partial charge in [0.2, 0.25) is 0 Å². The van der Waals surface area contributed by atoms with Crippen LogP contribution in [0.1, 0.15) is 68.7 Å². The van der Waals surface area contributed by atoms with E-state index in [1.165, 1.54) is 55.3 Å². The van der Waals surface area contributed by atoms with Gasteiger partial charge in [-0.05, 0) is 68.2 Å². The first-order valence-corrected chi connectivity index (χ1v) is 11.1. The molecule has 0 spiro atoms. The van der Waals surface area contributed by atoms with Crippen LogP contribution in [0.3, 0.4) is 0 Å². The summed E-state index contributed by atoms with van der Waals surface area (Å²) in [5, 5.41) is 0. The van der Waals surface area contributed by atoms with Gasteiger partial charge in [0.05, 0.1) is 6.10 Å². The van der Waals surface area contributed by atoms with Crippen molar-refractivity contribution in [2.75, 3.05) is 6.54 Å². The van der Waals surface area contributed by atoms with Crippen molar-refractivity contribution < 1.29 is 4.74 Å². The lowest BCUT2D eigenvalue weighted by Gasteiger charge is -2.40. The highest BCUT2D eigenvalue weighted by atomic mass is 16.5. The highest BCUT2D eigenvalue weighted by Gasteiger charge is 2.41. The van der Waals surface area contributed by atoms with Crippen molar-refractivity contribution in [3.63, 3.8) is 0 Å². The van der Waals surface area contributed by atoms with Crippen LogP contribution in [-0.2, 0) is 4.74 Å². The molecule has 0 N–H and O–H groups in total. The molecule has 2 nitrogen and oxygen atoms in total. The average Bonchev–Trinajstić information content (AvgIpc) is 2.94. The first-order valence-electron chi connectivity index (χ1n) is 11.1. The number of hydrogen-bond acceptors (Lipinski definition) is 2. The van der Waals surface area contributed by atoms with Gasteiger partial charge in [-0.15, -0.1) is 0 Å². The van der Waals surface area contributed by atoms with Gasteiger partial charge in [-0.3, -0.25) is 4.90 Å². The number of aryl methyl sites for hydroxylation is 1. The van der Waals surface area contributed by atoms with Crippen molar-refractivity contribution in [2.24, 2.45) is 5.92 Å². The van der Waals surface area contributed by atoms with Gasteiger partial charge in [0.15, 0.2) is 0 Å². The van der Waals surface area contributed by atoms with E-state index < -0.39 is 0 Å². The highest BCUT2D eigenvalue weighted by molar-refractivity contribution is 5.35. The second-order valence-electron chi connectivity index (χ2n) is 9.18. The Balaban J connectivity index is 1.50. The number of rotatable bonds is 7. The Morgan fingerprint density at radius 1 is 0.929 bits per heavy atom. The molecule has 0 radical (unpaired) electrons. The van der Waals surface area contributed by atoms with Crippen molar-refractivity contribution in [1.29, 1.82) is 0 Å². The third-order valence-electron chi connectivity index (χ3n) is 6.71. The molecule has 2 bridgehead atoms. The second-order valence-corrected chi connectivity index (χ2v) is 9.18. The van der Waals surface area contributed by atoms with E-state index in [1.807, 2.05) is 0 Å². The average molecular weight is 378 g/mol. The Morgan fingerprint density at radius 3 is 2.21 bits per heavy atom. The molecule has 4 rings (SSSR count). The Morgan fingerprint density at radius 2 is 1.57 bits per heavy atom. The van der Waals surface area contributed by atoms with Gasteiger partial charge in [-0.2, -0.15) is 0 Å². The monoisotopic (exact) mass is 377 g/mol. The summed E-state index contributed by atoms with van der Waals surface area (Å²) in [7, 11) is 0. The van der Waals surface area contributed by atoms with Crippen molar-refractivity contribution in [1.82, 2.24) is 4.90 Å². The molecule has 2 aromatic carbocycles. The van der Waals surface area contributed by atoms with Crippen molar-refractivity contribution in [2.45, 2.75) is 77.2 Å². The molecule has 28 heavy (non-hydrogen) atoms. The van der Waals surface area contributed by atoms with E-state index in [2.05, 4.69) is 80.3 Å². The van der Waals surface area contributed by atoms with Crippen LogP contribution in [0.4, 0.5) is 0 Å². The molecule has 0 saturated carbocycles. The normalized spacial score (nSPS) is 25.9.